The third-order valence-electron chi connectivity index (χ3n) is 4.37. The number of rotatable bonds is 10. The van der Waals surface area contributed by atoms with Gasteiger partial charge in [0.05, 0.1) is 24.5 Å². The molecule has 0 radical (unpaired) electrons. The molecule has 3 unspecified atom stereocenters. The normalized spacial score (nSPS) is 14.4. The largest absolute Gasteiger partial charge is 0.390 e. The van der Waals surface area contributed by atoms with Crippen LogP contribution >= 0.6 is 11.3 Å². The van der Waals surface area contributed by atoms with E-state index in [4.69, 9.17) is 5.26 Å². The number of pyridine rings is 1. The van der Waals surface area contributed by atoms with Crippen LogP contribution in [0.3, 0.4) is 0 Å². The molecule has 0 aromatic carbocycles. The summed E-state index contributed by atoms with van der Waals surface area (Å²) in [5.74, 6) is -0.620. The summed E-state index contributed by atoms with van der Waals surface area (Å²) in [6.45, 7) is 0. The van der Waals surface area contributed by atoms with Crippen molar-refractivity contribution in [2.24, 2.45) is 0 Å². The molecule has 2 heterocycles. The molecule has 0 saturated carbocycles. The highest BCUT2D eigenvalue weighted by Gasteiger charge is 2.29. The van der Waals surface area contributed by atoms with Crippen molar-refractivity contribution in [1.29, 1.82) is 5.26 Å². The average Bonchev–Trinajstić information content (AvgIpc) is 3.20. The van der Waals surface area contributed by atoms with E-state index < -0.39 is 34.2 Å². The highest BCUT2D eigenvalue weighted by molar-refractivity contribution is 7.92. The monoisotopic (exact) mass is 453 g/mol. The van der Waals surface area contributed by atoms with Crippen LogP contribution in [0.1, 0.15) is 28.9 Å². The summed E-state index contributed by atoms with van der Waals surface area (Å²) in [6.07, 6.45) is 1.95. The Kier molecular flexibility index (Phi) is 8.24. The van der Waals surface area contributed by atoms with Gasteiger partial charge in [0.2, 0.25) is 10.0 Å². The lowest BCUT2D eigenvalue weighted by atomic mass is 9.96. The van der Waals surface area contributed by atoms with E-state index in [2.05, 4.69) is 15.3 Å². The van der Waals surface area contributed by atoms with Crippen molar-refractivity contribution in [3.8, 4) is 6.07 Å². The minimum Gasteiger partial charge on any atom is -0.390 e. The Labute approximate surface area is 178 Å². The zero-order chi connectivity index (χ0) is 22.3. The van der Waals surface area contributed by atoms with E-state index in [0.717, 1.165) is 27.5 Å². The van der Waals surface area contributed by atoms with Crippen LogP contribution in [-0.2, 0) is 16.4 Å². The van der Waals surface area contributed by atoms with Crippen molar-refractivity contribution in [3.63, 3.8) is 0 Å². The first kappa shape index (κ1) is 23.7. The number of anilines is 1. The third-order valence-corrected chi connectivity index (χ3v) is 6.57. The van der Waals surface area contributed by atoms with Crippen LogP contribution in [0.4, 0.5) is 5.13 Å². The van der Waals surface area contributed by atoms with Gasteiger partial charge in [-0.1, -0.05) is 0 Å². The van der Waals surface area contributed by atoms with Gasteiger partial charge in [0.25, 0.3) is 5.91 Å². The molecule has 0 aliphatic rings. The van der Waals surface area contributed by atoms with E-state index in [1.54, 1.807) is 24.5 Å². The Balaban J connectivity index is 2.19. The second kappa shape index (κ2) is 10.4. The molecule has 0 aliphatic heterocycles. The van der Waals surface area contributed by atoms with Gasteiger partial charge < -0.3 is 15.5 Å². The summed E-state index contributed by atoms with van der Waals surface area (Å²) in [5, 5.41) is 33.7. The maximum absolute atomic E-state index is 12.7. The first-order valence-electron chi connectivity index (χ1n) is 8.95. The SMILES string of the molecule is CN(c1nc(C(=O)NC(Cc2ccncc2)C(O)C(O)CCC#N)cs1)S(C)(=O)=O. The molecule has 10 nitrogen and oxygen atoms in total. The van der Waals surface area contributed by atoms with E-state index in [0.29, 0.717) is 0 Å². The van der Waals surface area contributed by atoms with Gasteiger partial charge in [0, 0.05) is 31.2 Å². The van der Waals surface area contributed by atoms with Gasteiger partial charge in [-0.05, 0) is 30.5 Å². The van der Waals surface area contributed by atoms with Gasteiger partial charge in [0.15, 0.2) is 5.13 Å². The molecule has 12 heteroatoms. The fraction of sp³-hybridized carbons (Fsp3) is 0.444. The first-order valence-corrected chi connectivity index (χ1v) is 11.7. The van der Waals surface area contributed by atoms with Gasteiger partial charge in [-0.2, -0.15) is 5.26 Å². The topological polar surface area (TPSA) is 157 Å². The van der Waals surface area contributed by atoms with E-state index in [1.807, 2.05) is 6.07 Å². The second-order valence-corrected chi connectivity index (χ2v) is 9.49. The third kappa shape index (κ3) is 6.46. The number of aromatic nitrogens is 2. The zero-order valence-electron chi connectivity index (χ0n) is 16.5. The highest BCUT2D eigenvalue weighted by atomic mass is 32.2. The number of hydrogen-bond acceptors (Lipinski definition) is 9. The van der Waals surface area contributed by atoms with Gasteiger partial charge in [-0.25, -0.2) is 17.7 Å². The fourth-order valence-electron chi connectivity index (χ4n) is 2.58. The Hall–Kier alpha value is -2.59. The highest BCUT2D eigenvalue weighted by Crippen LogP contribution is 2.21. The van der Waals surface area contributed by atoms with Crippen LogP contribution in [-0.4, -0.2) is 66.1 Å². The van der Waals surface area contributed by atoms with Crippen LogP contribution in [0.25, 0.3) is 0 Å². The number of amides is 1. The summed E-state index contributed by atoms with van der Waals surface area (Å²) in [5.41, 5.74) is 0.765. The van der Waals surface area contributed by atoms with E-state index in [1.165, 1.54) is 12.4 Å². The lowest BCUT2D eigenvalue weighted by molar-refractivity contribution is -0.00646. The standard InChI is InChI=1S/C18H23N5O5S2/c1-23(30(2,27)28)18-22-14(11-29-18)17(26)21-13(10-12-5-8-20-9-6-12)16(25)15(24)4-3-7-19/h5-6,8-9,11,13,15-16,24-25H,3-4,10H2,1-2H3,(H,21,26). The number of hydrogen-bond donors (Lipinski definition) is 3. The van der Waals surface area contributed by atoms with E-state index in [9.17, 15) is 23.4 Å². The van der Waals surface area contributed by atoms with Crippen molar-refractivity contribution in [2.45, 2.75) is 37.5 Å². The number of nitrogens with one attached hydrogen (secondary N) is 1. The molecular formula is C18H23N5O5S2. The Morgan fingerprint density at radius 3 is 2.63 bits per heavy atom. The summed E-state index contributed by atoms with van der Waals surface area (Å²) >= 11 is 0.988. The molecule has 2 aromatic heterocycles. The molecule has 162 valence electrons. The molecule has 1 amide bonds. The smallest absolute Gasteiger partial charge is 0.271 e. The number of aliphatic hydroxyl groups is 2. The predicted octanol–water partition coefficient (Wildman–Crippen LogP) is 0.301. The summed E-state index contributed by atoms with van der Waals surface area (Å²) in [6, 6.07) is 4.47. The van der Waals surface area contributed by atoms with Crippen LogP contribution < -0.4 is 9.62 Å². The molecule has 30 heavy (non-hydrogen) atoms. The van der Waals surface area contributed by atoms with Gasteiger partial charge in [-0.3, -0.25) is 9.78 Å². The van der Waals surface area contributed by atoms with Gasteiger partial charge in [0.1, 0.15) is 11.8 Å². The van der Waals surface area contributed by atoms with Crippen molar-refractivity contribution >= 4 is 32.4 Å². The molecule has 2 rings (SSSR count). The van der Waals surface area contributed by atoms with Crippen LogP contribution in [0.2, 0.25) is 0 Å². The number of carbonyl (C=O) groups excluding carboxylic acids is 1. The minimum absolute atomic E-state index is 0.0102. The predicted molar refractivity (Wildman–Crippen MR) is 111 cm³/mol. The molecular weight excluding hydrogens is 430 g/mol. The number of aliphatic hydroxyl groups excluding tert-OH is 2. The number of carbonyl (C=O) groups is 1. The quantitative estimate of drug-likeness (QED) is 0.464. The van der Waals surface area contributed by atoms with Crippen molar-refractivity contribution < 1.29 is 23.4 Å². The summed E-state index contributed by atoms with van der Waals surface area (Å²) < 4.78 is 24.3. The van der Waals surface area contributed by atoms with Crippen molar-refractivity contribution in [1.82, 2.24) is 15.3 Å². The number of thiazole rings is 1. The maximum Gasteiger partial charge on any atom is 0.271 e. The molecule has 3 atom stereocenters. The Bertz CT molecular complexity index is 990. The molecule has 2 aromatic rings. The van der Waals surface area contributed by atoms with Crippen molar-refractivity contribution in [3.05, 3.63) is 41.2 Å². The van der Waals surface area contributed by atoms with Crippen LogP contribution in [0.15, 0.2) is 29.9 Å². The number of nitriles is 1. The second-order valence-electron chi connectivity index (χ2n) is 6.64. The van der Waals surface area contributed by atoms with E-state index >= 15 is 0 Å². The summed E-state index contributed by atoms with van der Waals surface area (Å²) in [4.78, 5) is 20.6. The Morgan fingerprint density at radius 1 is 1.37 bits per heavy atom. The van der Waals surface area contributed by atoms with Gasteiger partial charge in [-0.15, -0.1) is 11.3 Å². The van der Waals surface area contributed by atoms with Gasteiger partial charge >= 0.3 is 0 Å². The molecule has 0 aliphatic carbocycles. The zero-order valence-corrected chi connectivity index (χ0v) is 18.1. The van der Waals surface area contributed by atoms with Crippen LogP contribution in [0, 0.1) is 11.3 Å². The van der Waals surface area contributed by atoms with Crippen LogP contribution in [0.5, 0.6) is 0 Å². The number of nitrogens with zero attached hydrogens (tertiary/aromatic N) is 4. The molecule has 3 N–H and O–H groups in total. The summed E-state index contributed by atoms with van der Waals surface area (Å²) in [7, 11) is -2.19. The number of sulfonamides is 1. The molecule has 0 spiro atoms. The molecule has 0 bridgehead atoms. The van der Waals surface area contributed by atoms with Crippen molar-refractivity contribution in [2.75, 3.05) is 17.6 Å². The average molecular weight is 454 g/mol. The Morgan fingerprint density at radius 2 is 2.03 bits per heavy atom. The lowest BCUT2D eigenvalue weighted by Gasteiger charge is -2.27. The molecule has 0 fully saturated rings. The fourth-order valence-corrected chi connectivity index (χ4v) is 4.11. The first-order chi connectivity index (χ1) is 14.1. The molecule has 0 saturated heterocycles. The lowest BCUT2D eigenvalue weighted by Crippen LogP contribution is -2.49. The maximum atomic E-state index is 12.7. The minimum atomic E-state index is -3.52. The van der Waals surface area contributed by atoms with E-state index in [-0.39, 0.29) is 30.1 Å².